The second-order valence-corrected chi connectivity index (χ2v) is 7.87. The Morgan fingerprint density at radius 3 is 2.69 bits per heavy atom. The number of fused-ring (bicyclic) bond motifs is 1. The van der Waals surface area contributed by atoms with E-state index >= 15 is 0 Å². The zero-order valence-corrected chi connectivity index (χ0v) is 15.9. The number of aromatic nitrogens is 4. The van der Waals surface area contributed by atoms with Gasteiger partial charge < -0.3 is 9.13 Å². The number of carbonyl (C=O) groups excluding carboxylic acids is 1. The van der Waals surface area contributed by atoms with Crippen molar-refractivity contribution in [3.63, 3.8) is 0 Å². The van der Waals surface area contributed by atoms with Crippen LogP contribution in [0.3, 0.4) is 0 Å². The summed E-state index contributed by atoms with van der Waals surface area (Å²) in [6.45, 7) is 5.79. The first-order chi connectivity index (χ1) is 12.6. The van der Waals surface area contributed by atoms with Crippen molar-refractivity contribution < 1.29 is 4.79 Å². The molecule has 0 aromatic carbocycles. The van der Waals surface area contributed by atoms with Crippen LogP contribution in [0.4, 0.5) is 0 Å². The van der Waals surface area contributed by atoms with Gasteiger partial charge in [0.1, 0.15) is 11.6 Å². The fraction of sp³-hybridized carbons (Fsp3) is 0.650. The van der Waals surface area contributed by atoms with Crippen LogP contribution in [0, 0.1) is 0 Å². The summed E-state index contributed by atoms with van der Waals surface area (Å²) in [6, 6.07) is 2.03. The molecule has 1 fully saturated rings. The van der Waals surface area contributed by atoms with Gasteiger partial charge in [0.05, 0.1) is 0 Å². The summed E-state index contributed by atoms with van der Waals surface area (Å²) in [5, 5.41) is 9.04. The molecule has 0 amide bonds. The van der Waals surface area contributed by atoms with Gasteiger partial charge in [0, 0.05) is 49.9 Å². The highest BCUT2D eigenvalue weighted by Crippen LogP contribution is 2.29. The average molecular weight is 355 g/mol. The maximum Gasteiger partial charge on any atom is 0.161 e. The number of ketones is 1. The van der Waals surface area contributed by atoms with Crippen molar-refractivity contribution in [2.24, 2.45) is 7.05 Å². The van der Waals surface area contributed by atoms with Gasteiger partial charge in [-0.3, -0.25) is 9.69 Å². The number of likely N-dealkylation sites (tertiary alicyclic amines) is 1. The summed E-state index contributed by atoms with van der Waals surface area (Å²) in [4.78, 5) is 14.1. The molecule has 2 aliphatic heterocycles. The number of carbonyl (C=O) groups is 1. The van der Waals surface area contributed by atoms with Crippen molar-refractivity contribution >= 4 is 5.78 Å². The van der Waals surface area contributed by atoms with Crippen molar-refractivity contribution in [3.05, 3.63) is 35.2 Å². The van der Waals surface area contributed by atoms with Crippen LogP contribution < -0.4 is 0 Å². The molecule has 140 valence electrons. The summed E-state index contributed by atoms with van der Waals surface area (Å²) >= 11 is 0. The quantitative estimate of drug-likeness (QED) is 0.791. The molecule has 4 rings (SSSR count). The third-order valence-electron chi connectivity index (χ3n) is 5.99. The van der Waals surface area contributed by atoms with Crippen LogP contribution in [0.1, 0.15) is 72.6 Å². The molecule has 0 saturated carbocycles. The van der Waals surface area contributed by atoms with Crippen LogP contribution in [-0.2, 0) is 26.6 Å². The second kappa shape index (κ2) is 7.35. The third-order valence-corrected chi connectivity index (χ3v) is 5.99. The molecule has 0 N–H and O–H groups in total. The summed E-state index contributed by atoms with van der Waals surface area (Å²) in [6.07, 6.45) is 9.11. The molecule has 0 radical (unpaired) electrons. The van der Waals surface area contributed by atoms with Gasteiger partial charge in [0.15, 0.2) is 5.78 Å². The van der Waals surface area contributed by atoms with Crippen LogP contribution in [-0.4, -0.2) is 43.1 Å². The molecular formula is C20H29N5O. The minimum absolute atomic E-state index is 0.137. The Morgan fingerprint density at radius 1 is 1.15 bits per heavy atom. The van der Waals surface area contributed by atoms with Crippen LogP contribution in [0.2, 0.25) is 0 Å². The summed E-state index contributed by atoms with van der Waals surface area (Å²) in [5.74, 6) is 3.09. The van der Waals surface area contributed by atoms with E-state index in [9.17, 15) is 4.79 Å². The fourth-order valence-corrected chi connectivity index (χ4v) is 4.35. The number of hydrogen-bond acceptors (Lipinski definition) is 4. The fourth-order valence-electron chi connectivity index (χ4n) is 4.35. The Labute approximate surface area is 155 Å². The topological polar surface area (TPSA) is 56.0 Å². The van der Waals surface area contributed by atoms with Gasteiger partial charge >= 0.3 is 0 Å². The lowest BCUT2D eigenvalue weighted by Gasteiger charge is -2.31. The third kappa shape index (κ3) is 3.47. The van der Waals surface area contributed by atoms with Crippen LogP contribution in [0.15, 0.2) is 12.3 Å². The van der Waals surface area contributed by atoms with E-state index in [4.69, 9.17) is 0 Å². The maximum atomic E-state index is 11.6. The van der Waals surface area contributed by atoms with Gasteiger partial charge in [0.2, 0.25) is 0 Å². The molecular weight excluding hydrogens is 326 g/mol. The number of aryl methyl sites for hydroxylation is 2. The average Bonchev–Trinajstić information content (AvgIpc) is 3.12. The molecule has 0 aliphatic carbocycles. The molecule has 6 nitrogen and oxygen atoms in total. The zero-order chi connectivity index (χ0) is 18.1. The van der Waals surface area contributed by atoms with Crippen molar-refractivity contribution in [1.82, 2.24) is 24.2 Å². The molecule has 0 atom stereocenters. The first kappa shape index (κ1) is 17.5. The van der Waals surface area contributed by atoms with Crippen molar-refractivity contribution in [3.8, 4) is 0 Å². The predicted molar refractivity (Wildman–Crippen MR) is 100 cm³/mol. The lowest BCUT2D eigenvalue weighted by molar-refractivity contribution is 0.101. The normalized spacial score (nSPS) is 19.3. The first-order valence-corrected chi connectivity index (χ1v) is 9.92. The second-order valence-electron chi connectivity index (χ2n) is 7.87. The summed E-state index contributed by atoms with van der Waals surface area (Å²) in [5.41, 5.74) is 2.02. The lowest BCUT2D eigenvalue weighted by atomic mass is 9.95. The zero-order valence-electron chi connectivity index (χ0n) is 15.9. The van der Waals surface area contributed by atoms with E-state index in [0.29, 0.717) is 5.92 Å². The molecule has 0 bridgehead atoms. The van der Waals surface area contributed by atoms with Gasteiger partial charge in [-0.25, -0.2) is 0 Å². The molecule has 0 unspecified atom stereocenters. The number of nitrogens with zero attached hydrogens (tertiary/aromatic N) is 5. The number of piperidine rings is 1. The molecule has 2 aromatic rings. The molecule has 0 spiro atoms. The van der Waals surface area contributed by atoms with E-state index in [1.54, 1.807) is 6.92 Å². The Kier molecular flexibility index (Phi) is 4.94. The smallest absolute Gasteiger partial charge is 0.161 e. The monoisotopic (exact) mass is 355 g/mol. The maximum absolute atomic E-state index is 11.6. The summed E-state index contributed by atoms with van der Waals surface area (Å²) < 4.78 is 4.49. The van der Waals surface area contributed by atoms with E-state index in [1.807, 2.05) is 19.3 Å². The minimum Gasteiger partial charge on any atom is -0.353 e. The Bertz CT molecular complexity index is 782. The van der Waals surface area contributed by atoms with Crippen molar-refractivity contribution in [2.75, 3.05) is 13.1 Å². The highest BCUT2D eigenvalue weighted by atomic mass is 16.1. The van der Waals surface area contributed by atoms with E-state index in [1.165, 1.54) is 36.6 Å². The van der Waals surface area contributed by atoms with E-state index in [2.05, 4.69) is 24.2 Å². The SMILES string of the molecule is CC(=O)c1cc(CN2CCC(c3nnc4n3CCCCC4)CC2)n(C)c1. The van der Waals surface area contributed by atoms with E-state index in [-0.39, 0.29) is 5.78 Å². The highest BCUT2D eigenvalue weighted by molar-refractivity contribution is 5.94. The van der Waals surface area contributed by atoms with Gasteiger partial charge in [-0.05, 0) is 51.8 Å². The van der Waals surface area contributed by atoms with E-state index < -0.39 is 0 Å². The Morgan fingerprint density at radius 2 is 1.96 bits per heavy atom. The van der Waals surface area contributed by atoms with E-state index in [0.717, 1.165) is 51.0 Å². The van der Waals surface area contributed by atoms with Gasteiger partial charge in [-0.2, -0.15) is 0 Å². The van der Waals surface area contributed by atoms with Gasteiger partial charge in [0.25, 0.3) is 0 Å². The van der Waals surface area contributed by atoms with Crippen LogP contribution in [0.25, 0.3) is 0 Å². The van der Waals surface area contributed by atoms with Crippen molar-refractivity contribution in [2.45, 2.75) is 64.5 Å². The molecule has 26 heavy (non-hydrogen) atoms. The molecule has 4 heterocycles. The molecule has 1 saturated heterocycles. The van der Waals surface area contributed by atoms with Gasteiger partial charge in [-0.1, -0.05) is 6.42 Å². The number of rotatable bonds is 4. The summed E-state index contributed by atoms with van der Waals surface area (Å²) in [7, 11) is 2.03. The standard InChI is InChI=1S/C20H29N5O/c1-15(26)17-12-18(23(2)13-17)14-24-10-7-16(8-11-24)20-22-21-19-6-4-3-5-9-25(19)20/h12-13,16H,3-11,14H2,1-2H3. The Balaban J connectivity index is 1.39. The highest BCUT2D eigenvalue weighted by Gasteiger charge is 2.27. The van der Waals surface area contributed by atoms with Crippen LogP contribution >= 0.6 is 0 Å². The van der Waals surface area contributed by atoms with Crippen LogP contribution in [0.5, 0.6) is 0 Å². The van der Waals surface area contributed by atoms with Gasteiger partial charge in [-0.15, -0.1) is 10.2 Å². The lowest BCUT2D eigenvalue weighted by Crippen LogP contribution is -2.33. The Hall–Kier alpha value is -1.95. The molecule has 6 heteroatoms. The number of Topliss-reactive ketones (excluding diaryl/α,β-unsaturated/α-hetero) is 1. The predicted octanol–water partition coefficient (Wildman–Crippen LogP) is 2.93. The first-order valence-electron chi connectivity index (χ1n) is 9.92. The minimum atomic E-state index is 0.137. The molecule has 2 aromatic heterocycles. The number of hydrogen-bond donors (Lipinski definition) is 0. The largest absolute Gasteiger partial charge is 0.353 e. The van der Waals surface area contributed by atoms with Crippen molar-refractivity contribution in [1.29, 1.82) is 0 Å². The molecule has 2 aliphatic rings.